The van der Waals surface area contributed by atoms with Gasteiger partial charge in [-0.25, -0.2) is 4.79 Å². The maximum absolute atomic E-state index is 10.7. The number of ether oxygens (including phenoxy) is 1. The quantitative estimate of drug-likeness (QED) is 0.662. The summed E-state index contributed by atoms with van der Waals surface area (Å²) in [5, 5.41) is 8.81. The van der Waals surface area contributed by atoms with E-state index in [0.717, 1.165) is 12.8 Å². The van der Waals surface area contributed by atoms with Gasteiger partial charge in [0.1, 0.15) is 0 Å². The van der Waals surface area contributed by atoms with Crippen LogP contribution in [0.3, 0.4) is 0 Å². The summed E-state index contributed by atoms with van der Waals surface area (Å²) in [5.74, 6) is -0.169. The van der Waals surface area contributed by atoms with Crippen molar-refractivity contribution in [2.75, 3.05) is 6.61 Å². The van der Waals surface area contributed by atoms with E-state index in [-0.39, 0.29) is 0 Å². The Labute approximate surface area is 79.1 Å². The molecule has 0 aromatic heterocycles. The molecule has 0 aliphatic heterocycles. The molecule has 1 rings (SSSR count). The van der Waals surface area contributed by atoms with Crippen molar-refractivity contribution in [3.63, 3.8) is 0 Å². The smallest absolute Gasteiger partial charge is 0.332 e. The van der Waals surface area contributed by atoms with Gasteiger partial charge in [-0.15, -0.1) is 0 Å². The topological polar surface area (TPSA) is 46.5 Å². The van der Waals surface area contributed by atoms with Gasteiger partial charge in [0.05, 0.1) is 6.61 Å². The van der Waals surface area contributed by atoms with Gasteiger partial charge in [0.15, 0.2) is 6.10 Å². The first-order valence-corrected chi connectivity index (χ1v) is 5.08. The van der Waals surface area contributed by atoms with Crippen LogP contribution in [0.1, 0.15) is 39.0 Å². The van der Waals surface area contributed by atoms with Gasteiger partial charge in [0.25, 0.3) is 0 Å². The molecule has 0 saturated heterocycles. The molecule has 3 heteroatoms. The van der Waals surface area contributed by atoms with Crippen molar-refractivity contribution >= 4 is 5.97 Å². The molecule has 76 valence electrons. The van der Waals surface area contributed by atoms with Gasteiger partial charge in [-0.2, -0.15) is 0 Å². The van der Waals surface area contributed by atoms with E-state index in [1.165, 1.54) is 12.8 Å². The summed E-state index contributed by atoms with van der Waals surface area (Å²) >= 11 is 0. The summed E-state index contributed by atoms with van der Waals surface area (Å²) in [6.07, 6.45) is 4.46. The summed E-state index contributed by atoms with van der Waals surface area (Å²) in [6, 6.07) is 0. The lowest BCUT2D eigenvalue weighted by Gasteiger charge is -2.12. The summed E-state index contributed by atoms with van der Waals surface area (Å²) in [6.45, 7) is 2.69. The summed E-state index contributed by atoms with van der Waals surface area (Å²) in [5.41, 5.74) is 0. The molecular weight excluding hydrogens is 168 g/mol. The lowest BCUT2D eigenvalue weighted by molar-refractivity contribution is -0.151. The SMILES string of the molecule is CCCCC(OCC1CC1)C(=O)O. The normalized spacial score (nSPS) is 18.5. The number of hydrogen-bond donors (Lipinski definition) is 1. The third-order valence-electron chi connectivity index (χ3n) is 2.33. The minimum atomic E-state index is -0.811. The predicted octanol–water partition coefficient (Wildman–Crippen LogP) is 2.06. The van der Waals surface area contributed by atoms with E-state index in [2.05, 4.69) is 6.92 Å². The molecule has 0 radical (unpaired) electrons. The van der Waals surface area contributed by atoms with Crippen molar-refractivity contribution in [3.8, 4) is 0 Å². The first kappa shape index (κ1) is 10.5. The van der Waals surface area contributed by atoms with Crippen molar-refractivity contribution in [2.45, 2.75) is 45.1 Å². The Bertz CT molecular complexity index is 164. The highest BCUT2D eigenvalue weighted by Crippen LogP contribution is 2.29. The van der Waals surface area contributed by atoms with Crippen molar-refractivity contribution in [2.24, 2.45) is 5.92 Å². The largest absolute Gasteiger partial charge is 0.479 e. The second-order valence-electron chi connectivity index (χ2n) is 3.75. The molecular formula is C10H18O3. The van der Waals surface area contributed by atoms with Gasteiger partial charge in [-0.3, -0.25) is 0 Å². The van der Waals surface area contributed by atoms with Gasteiger partial charge < -0.3 is 9.84 Å². The van der Waals surface area contributed by atoms with Crippen LogP contribution >= 0.6 is 0 Å². The molecule has 1 unspecified atom stereocenters. The van der Waals surface area contributed by atoms with E-state index in [1.54, 1.807) is 0 Å². The van der Waals surface area contributed by atoms with Crippen LogP contribution in [0.25, 0.3) is 0 Å². The zero-order valence-corrected chi connectivity index (χ0v) is 8.16. The minimum absolute atomic E-state index is 0.569. The lowest BCUT2D eigenvalue weighted by Crippen LogP contribution is -2.24. The van der Waals surface area contributed by atoms with Crippen molar-refractivity contribution in [1.29, 1.82) is 0 Å². The Morgan fingerprint density at radius 3 is 2.77 bits per heavy atom. The number of carboxylic acids is 1. The number of hydrogen-bond acceptors (Lipinski definition) is 2. The molecule has 1 saturated carbocycles. The molecule has 0 aromatic carbocycles. The summed E-state index contributed by atoms with van der Waals surface area (Å²) in [7, 11) is 0. The van der Waals surface area contributed by atoms with Gasteiger partial charge in [-0.1, -0.05) is 19.8 Å². The van der Waals surface area contributed by atoms with E-state index in [4.69, 9.17) is 9.84 Å². The molecule has 0 aromatic rings. The molecule has 1 fully saturated rings. The first-order chi connectivity index (χ1) is 6.24. The fraction of sp³-hybridized carbons (Fsp3) is 0.900. The number of unbranched alkanes of at least 4 members (excludes halogenated alkanes) is 1. The number of rotatable bonds is 7. The average Bonchev–Trinajstić information content (AvgIpc) is 2.87. The van der Waals surface area contributed by atoms with E-state index >= 15 is 0 Å². The minimum Gasteiger partial charge on any atom is -0.479 e. The van der Waals surface area contributed by atoms with Crippen LogP contribution in [-0.4, -0.2) is 23.8 Å². The number of aliphatic carboxylic acids is 1. The first-order valence-electron chi connectivity index (χ1n) is 5.08. The zero-order chi connectivity index (χ0) is 9.68. The van der Waals surface area contributed by atoms with Crippen LogP contribution in [0.5, 0.6) is 0 Å². The van der Waals surface area contributed by atoms with Crippen molar-refractivity contribution in [3.05, 3.63) is 0 Å². The van der Waals surface area contributed by atoms with Crippen molar-refractivity contribution < 1.29 is 14.6 Å². The second-order valence-corrected chi connectivity index (χ2v) is 3.75. The molecule has 0 spiro atoms. The molecule has 3 nitrogen and oxygen atoms in total. The number of carbonyl (C=O) groups is 1. The molecule has 0 amide bonds. The van der Waals surface area contributed by atoms with Gasteiger partial charge >= 0.3 is 5.97 Å². The molecule has 0 heterocycles. The maximum Gasteiger partial charge on any atom is 0.332 e. The van der Waals surface area contributed by atoms with Crippen LogP contribution in [-0.2, 0) is 9.53 Å². The van der Waals surface area contributed by atoms with Crippen LogP contribution in [0.4, 0.5) is 0 Å². The Morgan fingerprint density at radius 1 is 1.62 bits per heavy atom. The van der Waals surface area contributed by atoms with E-state index in [0.29, 0.717) is 18.9 Å². The molecule has 0 bridgehead atoms. The monoisotopic (exact) mass is 186 g/mol. The Hall–Kier alpha value is -0.570. The maximum atomic E-state index is 10.7. The fourth-order valence-corrected chi connectivity index (χ4v) is 1.20. The van der Waals surface area contributed by atoms with E-state index in [1.807, 2.05) is 0 Å². The molecule has 13 heavy (non-hydrogen) atoms. The fourth-order valence-electron chi connectivity index (χ4n) is 1.20. The third kappa shape index (κ3) is 4.27. The third-order valence-corrected chi connectivity index (χ3v) is 2.33. The van der Waals surface area contributed by atoms with Gasteiger partial charge in [-0.05, 0) is 25.2 Å². The highest BCUT2D eigenvalue weighted by molar-refractivity contribution is 5.72. The number of carboxylic acid groups (broad SMARTS) is 1. The standard InChI is InChI=1S/C10H18O3/c1-2-3-4-9(10(11)12)13-7-8-5-6-8/h8-9H,2-7H2,1H3,(H,11,12). The molecule has 1 aliphatic carbocycles. The molecule has 1 atom stereocenters. The average molecular weight is 186 g/mol. The van der Waals surface area contributed by atoms with Gasteiger partial charge in [0.2, 0.25) is 0 Å². The highest BCUT2D eigenvalue weighted by Gasteiger charge is 2.25. The van der Waals surface area contributed by atoms with E-state index < -0.39 is 12.1 Å². The van der Waals surface area contributed by atoms with E-state index in [9.17, 15) is 4.79 Å². The lowest BCUT2D eigenvalue weighted by atomic mass is 10.1. The molecule has 1 aliphatic rings. The van der Waals surface area contributed by atoms with Gasteiger partial charge in [0, 0.05) is 0 Å². The van der Waals surface area contributed by atoms with Crippen LogP contribution < -0.4 is 0 Å². The van der Waals surface area contributed by atoms with Crippen molar-refractivity contribution in [1.82, 2.24) is 0 Å². The summed E-state index contributed by atoms with van der Waals surface area (Å²) in [4.78, 5) is 10.7. The van der Waals surface area contributed by atoms with Crippen LogP contribution in [0.2, 0.25) is 0 Å². The Morgan fingerprint density at radius 2 is 2.31 bits per heavy atom. The predicted molar refractivity (Wildman–Crippen MR) is 49.6 cm³/mol. The summed E-state index contributed by atoms with van der Waals surface area (Å²) < 4.78 is 5.33. The Kier molecular flexibility index (Phi) is 4.22. The van der Waals surface area contributed by atoms with Crippen LogP contribution in [0.15, 0.2) is 0 Å². The van der Waals surface area contributed by atoms with Crippen LogP contribution in [0, 0.1) is 5.92 Å². The highest BCUT2D eigenvalue weighted by atomic mass is 16.5. The second kappa shape index (κ2) is 5.22. The Balaban J connectivity index is 2.15. The zero-order valence-electron chi connectivity index (χ0n) is 8.16. The molecule has 1 N–H and O–H groups in total.